The smallest absolute Gasteiger partial charge is 0.259 e. The van der Waals surface area contributed by atoms with E-state index in [-0.39, 0.29) is 11.5 Å². The van der Waals surface area contributed by atoms with Crippen LogP contribution in [0.25, 0.3) is 11.3 Å². The number of amides is 1. The molecule has 0 bridgehead atoms. The van der Waals surface area contributed by atoms with Gasteiger partial charge in [0.2, 0.25) is 5.95 Å². The van der Waals surface area contributed by atoms with Crippen LogP contribution in [0.1, 0.15) is 16.2 Å². The Morgan fingerprint density at radius 3 is 2.56 bits per heavy atom. The van der Waals surface area contributed by atoms with Crippen LogP contribution in [0.3, 0.4) is 0 Å². The number of aryl methyl sites for hydroxylation is 1. The average Bonchev–Trinajstić information content (AvgIpc) is 3.56. The number of anilines is 1. The highest BCUT2D eigenvalue weighted by molar-refractivity contribution is 5.98. The van der Waals surface area contributed by atoms with E-state index in [1.807, 2.05) is 13.0 Å². The number of carbonyl (C=O) groups excluding carboxylic acids is 1. The Hall–Kier alpha value is -3.82. The van der Waals surface area contributed by atoms with E-state index in [2.05, 4.69) is 25.1 Å². The molecule has 2 fully saturated rings. The van der Waals surface area contributed by atoms with E-state index < -0.39 is 5.82 Å². The number of aromatic nitrogens is 6. The Morgan fingerprint density at radius 1 is 1.00 bits per heavy atom. The molecule has 4 aromatic rings. The number of benzene rings is 1. The van der Waals surface area contributed by atoms with Gasteiger partial charge in [-0.3, -0.25) is 4.79 Å². The number of rotatable bonds is 3. The highest BCUT2D eigenvalue weighted by Crippen LogP contribution is 2.34. The third-order valence-electron chi connectivity index (χ3n) is 6.42. The van der Waals surface area contributed by atoms with Crippen LogP contribution in [0.4, 0.5) is 10.3 Å². The lowest BCUT2D eigenvalue weighted by molar-refractivity contribution is 0.0777. The first-order valence-corrected chi connectivity index (χ1v) is 10.6. The molecule has 3 aromatic heterocycles. The molecule has 9 nitrogen and oxygen atoms in total. The minimum absolute atomic E-state index is 0.0678. The molecule has 2 atom stereocenters. The van der Waals surface area contributed by atoms with E-state index in [1.54, 1.807) is 46.2 Å². The third-order valence-corrected chi connectivity index (χ3v) is 6.42. The van der Waals surface area contributed by atoms with Crippen molar-refractivity contribution >= 4 is 17.5 Å². The summed E-state index contributed by atoms with van der Waals surface area (Å²) in [6.45, 7) is 4.61. The van der Waals surface area contributed by atoms with Crippen molar-refractivity contribution in [2.24, 2.45) is 11.8 Å². The molecule has 162 valence electrons. The summed E-state index contributed by atoms with van der Waals surface area (Å²) in [5.74, 6) is 1.25. The van der Waals surface area contributed by atoms with Crippen molar-refractivity contribution in [1.29, 1.82) is 0 Å². The van der Waals surface area contributed by atoms with E-state index in [9.17, 15) is 9.18 Å². The molecule has 5 heterocycles. The molecule has 2 aliphatic rings. The first-order valence-electron chi connectivity index (χ1n) is 10.6. The van der Waals surface area contributed by atoms with Crippen LogP contribution in [-0.4, -0.2) is 66.3 Å². The van der Waals surface area contributed by atoms with Gasteiger partial charge in [-0.1, -0.05) is 6.07 Å². The van der Waals surface area contributed by atoms with E-state index >= 15 is 0 Å². The van der Waals surface area contributed by atoms with Crippen molar-refractivity contribution in [3.05, 3.63) is 66.1 Å². The van der Waals surface area contributed by atoms with Crippen LogP contribution in [0.2, 0.25) is 0 Å². The molecular weight excluding hydrogens is 411 g/mol. The summed E-state index contributed by atoms with van der Waals surface area (Å²) in [7, 11) is 0. The van der Waals surface area contributed by atoms with Crippen LogP contribution < -0.4 is 4.90 Å². The molecule has 2 saturated heterocycles. The van der Waals surface area contributed by atoms with Crippen molar-refractivity contribution in [2.45, 2.75) is 6.92 Å². The zero-order valence-electron chi connectivity index (χ0n) is 17.5. The minimum atomic E-state index is -0.528. The van der Waals surface area contributed by atoms with E-state index in [4.69, 9.17) is 0 Å². The highest BCUT2D eigenvalue weighted by atomic mass is 19.1. The van der Waals surface area contributed by atoms with E-state index in [0.717, 1.165) is 24.6 Å². The summed E-state index contributed by atoms with van der Waals surface area (Å²) in [5, 5.41) is 8.40. The standard InChI is InChI=1S/C22H21FN8O/c1-14-26-22(27-19-6-8-25-31(14)19)29-12-15-10-28(11-16(15)13-29)21(32)20-17(23)4-2-5-18(20)30-9-3-7-24-30/h2-9,15-16H,10-13H2,1H3/t15-,16+. The molecule has 1 amide bonds. The topological polar surface area (TPSA) is 84.5 Å². The second-order valence-corrected chi connectivity index (χ2v) is 8.39. The molecule has 1 aromatic carbocycles. The maximum absolute atomic E-state index is 14.7. The van der Waals surface area contributed by atoms with Crippen LogP contribution in [0, 0.1) is 24.6 Å². The van der Waals surface area contributed by atoms with Gasteiger partial charge in [-0.2, -0.15) is 20.2 Å². The van der Waals surface area contributed by atoms with Crippen LogP contribution in [0.5, 0.6) is 0 Å². The van der Waals surface area contributed by atoms with Gasteiger partial charge in [-0.15, -0.1) is 0 Å². The van der Waals surface area contributed by atoms with Crippen molar-refractivity contribution in [3.63, 3.8) is 0 Å². The van der Waals surface area contributed by atoms with Gasteiger partial charge in [0.05, 0.1) is 11.9 Å². The lowest BCUT2D eigenvalue weighted by Gasteiger charge is -2.23. The Labute approximate surface area is 183 Å². The van der Waals surface area contributed by atoms with Crippen molar-refractivity contribution in [2.75, 3.05) is 31.1 Å². The van der Waals surface area contributed by atoms with Gasteiger partial charge in [-0.25, -0.2) is 13.6 Å². The fourth-order valence-electron chi connectivity index (χ4n) is 4.90. The lowest BCUT2D eigenvalue weighted by Crippen LogP contribution is -2.35. The van der Waals surface area contributed by atoms with Crippen molar-refractivity contribution < 1.29 is 9.18 Å². The minimum Gasteiger partial charge on any atom is -0.340 e. The number of hydrogen-bond donors (Lipinski definition) is 0. The van der Waals surface area contributed by atoms with Crippen LogP contribution in [-0.2, 0) is 0 Å². The first kappa shape index (κ1) is 18.9. The molecule has 2 aliphatic heterocycles. The normalized spacial score (nSPS) is 20.3. The lowest BCUT2D eigenvalue weighted by atomic mass is 10.0. The molecule has 32 heavy (non-hydrogen) atoms. The van der Waals surface area contributed by atoms with Gasteiger partial charge in [-0.05, 0) is 25.1 Å². The molecule has 6 rings (SSSR count). The molecule has 0 radical (unpaired) electrons. The van der Waals surface area contributed by atoms with Crippen molar-refractivity contribution in [1.82, 2.24) is 34.3 Å². The van der Waals surface area contributed by atoms with Crippen molar-refractivity contribution in [3.8, 4) is 5.69 Å². The first-order chi connectivity index (χ1) is 15.6. The number of nitrogens with zero attached hydrogens (tertiary/aromatic N) is 8. The zero-order chi connectivity index (χ0) is 21.8. The van der Waals surface area contributed by atoms with Crippen LogP contribution in [0.15, 0.2) is 48.9 Å². The number of halogens is 1. The Balaban J connectivity index is 1.22. The summed E-state index contributed by atoms with van der Waals surface area (Å²) in [4.78, 5) is 26.5. The van der Waals surface area contributed by atoms with Gasteiger partial charge in [0.1, 0.15) is 17.2 Å². The number of fused-ring (bicyclic) bond motifs is 2. The van der Waals surface area contributed by atoms with Gasteiger partial charge in [0, 0.05) is 56.5 Å². The maximum Gasteiger partial charge on any atom is 0.259 e. The largest absolute Gasteiger partial charge is 0.340 e. The second kappa shape index (κ2) is 7.11. The number of hydrogen-bond acceptors (Lipinski definition) is 6. The quantitative estimate of drug-likeness (QED) is 0.492. The van der Waals surface area contributed by atoms with E-state index in [0.29, 0.717) is 36.6 Å². The maximum atomic E-state index is 14.7. The summed E-state index contributed by atoms with van der Waals surface area (Å²) >= 11 is 0. The predicted molar refractivity (Wildman–Crippen MR) is 114 cm³/mol. The molecule has 0 unspecified atom stereocenters. The summed E-state index contributed by atoms with van der Waals surface area (Å²) < 4.78 is 18.0. The summed E-state index contributed by atoms with van der Waals surface area (Å²) in [5.41, 5.74) is 1.29. The molecule has 0 saturated carbocycles. The molecule has 10 heteroatoms. The monoisotopic (exact) mass is 432 g/mol. The Morgan fingerprint density at radius 2 is 1.81 bits per heavy atom. The average molecular weight is 432 g/mol. The van der Waals surface area contributed by atoms with E-state index in [1.165, 1.54) is 10.7 Å². The predicted octanol–water partition coefficient (Wildman–Crippen LogP) is 1.97. The third kappa shape index (κ3) is 2.94. The molecular formula is C22H21FN8O. The highest BCUT2D eigenvalue weighted by Gasteiger charge is 2.43. The number of likely N-dealkylation sites (tertiary alicyclic amines) is 1. The summed E-state index contributed by atoms with van der Waals surface area (Å²) in [6, 6.07) is 8.25. The molecule has 0 N–H and O–H groups in total. The Kier molecular flexibility index (Phi) is 4.20. The van der Waals surface area contributed by atoms with Gasteiger partial charge in [0.25, 0.3) is 5.91 Å². The molecule has 0 spiro atoms. The molecule has 0 aliphatic carbocycles. The zero-order valence-corrected chi connectivity index (χ0v) is 17.5. The number of carbonyl (C=O) groups is 1. The van der Waals surface area contributed by atoms with Gasteiger partial charge < -0.3 is 9.80 Å². The fraction of sp³-hybridized carbons (Fsp3) is 0.318. The van der Waals surface area contributed by atoms with Gasteiger partial charge >= 0.3 is 0 Å². The van der Waals surface area contributed by atoms with Crippen LogP contribution >= 0.6 is 0 Å². The summed E-state index contributed by atoms with van der Waals surface area (Å²) in [6.07, 6.45) is 5.03. The second-order valence-electron chi connectivity index (χ2n) is 8.39. The fourth-order valence-corrected chi connectivity index (χ4v) is 4.90. The SMILES string of the molecule is Cc1nc(N2C[C@H]3CN(C(=O)c4c(F)cccc4-n4cccn4)C[C@H]3C2)nc2ccnn12. The Bertz CT molecular complexity index is 1300. The van der Waals surface area contributed by atoms with Gasteiger partial charge in [0.15, 0.2) is 5.65 Å².